The molecule has 1 aromatic heterocycles. The molecule has 2 aromatic rings. The number of amides is 1. The maximum Gasteiger partial charge on any atom is 0.492 e. The highest BCUT2D eigenvalue weighted by atomic mass is 16.7. The topological polar surface area (TPSA) is 77.8 Å². The van der Waals surface area contributed by atoms with E-state index in [-0.39, 0.29) is 17.9 Å². The van der Waals surface area contributed by atoms with E-state index in [0.29, 0.717) is 11.0 Å². The van der Waals surface area contributed by atoms with Gasteiger partial charge >= 0.3 is 7.12 Å². The van der Waals surface area contributed by atoms with Gasteiger partial charge in [-0.1, -0.05) is 12.1 Å². The van der Waals surface area contributed by atoms with Gasteiger partial charge in [0, 0.05) is 19.5 Å². The second-order valence-electron chi connectivity index (χ2n) is 7.76. The zero-order chi connectivity index (χ0) is 19.8. The lowest BCUT2D eigenvalue weighted by atomic mass is 9.77. The van der Waals surface area contributed by atoms with Gasteiger partial charge in [0.2, 0.25) is 5.91 Å². The molecule has 1 aromatic carbocycles. The molecule has 0 aliphatic carbocycles. The smallest absolute Gasteiger partial charge is 0.464 e. The Kier molecular flexibility index (Phi) is 5.01. The largest absolute Gasteiger partial charge is 0.492 e. The molecular weight excluding hydrogens is 345 g/mol. The van der Waals surface area contributed by atoms with E-state index >= 15 is 0 Å². The molecule has 3 rings (SSSR count). The molecule has 0 atom stereocenters. The number of carbonyl (C=O) groups is 1. The standard InChI is InChI=1S/C20H24BNO5/c1-13(23)22-12-15(21-26-19(2,3)20(4,5)27-21)10-14-6-7-18-16(11-14)17(24)8-9-25-18/h6-11H,12H2,1-5H3,(H,22,23). The summed E-state index contributed by atoms with van der Waals surface area (Å²) in [5, 5.41) is 3.30. The van der Waals surface area contributed by atoms with Crippen molar-refractivity contribution in [2.45, 2.75) is 45.8 Å². The summed E-state index contributed by atoms with van der Waals surface area (Å²) in [5.41, 5.74) is 1.01. The normalized spacial score (nSPS) is 18.7. The third kappa shape index (κ3) is 3.99. The van der Waals surface area contributed by atoms with Gasteiger partial charge in [-0.05, 0) is 50.9 Å². The molecule has 27 heavy (non-hydrogen) atoms. The molecule has 0 bridgehead atoms. The second kappa shape index (κ2) is 6.98. The molecule has 2 heterocycles. The number of hydrogen-bond donors (Lipinski definition) is 1. The van der Waals surface area contributed by atoms with Crippen LogP contribution in [0.4, 0.5) is 0 Å². The van der Waals surface area contributed by atoms with Crippen molar-refractivity contribution in [3.8, 4) is 0 Å². The van der Waals surface area contributed by atoms with Gasteiger partial charge in [-0.25, -0.2) is 0 Å². The maximum absolute atomic E-state index is 12.1. The third-order valence-corrected chi connectivity index (χ3v) is 5.13. The van der Waals surface area contributed by atoms with Gasteiger partial charge in [0.05, 0.1) is 22.9 Å². The van der Waals surface area contributed by atoms with Crippen LogP contribution in [0, 0.1) is 0 Å². The highest BCUT2D eigenvalue weighted by Gasteiger charge is 2.52. The van der Waals surface area contributed by atoms with Crippen molar-refractivity contribution < 1.29 is 18.5 Å². The van der Waals surface area contributed by atoms with E-state index in [9.17, 15) is 9.59 Å². The average molecular weight is 369 g/mol. The quantitative estimate of drug-likeness (QED) is 0.839. The number of carbonyl (C=O) groups excluding carboxylic acids is 1. The van der Waals surface area contributed by atoms with E-state index in [1.54, 1.807) is 12.1 Å². The Labute approximate surface area is 158 Å². The summed E-state index contributed by atoms with van der Waals surface area (Å²) in [6, 6.07) is 6.76. The Morgan fingerprint density at radius 1 is 1.15 bits per heavy atom. The molecule has 1 amide bonds. The first-order valence-electron chi connectivity index (χ1n) is 8.91. The summed E-state index contributed by atoms with van der Waals surface area (Å²) in [6.07, 6.45) is 3.26. The van der Waals surface area contributed by atoms with Gasteiger partial charge in [0.15, 0.2) is 5.43 Å². The van der Waals surface area contributed by atoms with Crippen molar-refractivity contribution in [1.82, 2.24) is 5.32 Å². The minimum atomic E-state index is -0.593. The lowest BCUT2D eigenvalue weighted by Crippen LogP contribution is -2.41. The van der Waals surface area contributed by atoms with Crippen LogP contribution in [0.2, 0.25) is 0 Å². The van der Waals surface area contributed by atoms with E-state index in [1.165, 1.54) is 19.3 Å². The maximum atomic E-state index is 12.1. The fourth-order valence-electron chi connectivity index (χ4n) is 2.83. The van der Waals surface area contributed by atoms with E-state index in [0.717, 1.165) is 11.0 Å². The van der Waals surface area contributed by atoms with Crippen LogP contribution in [0.5, 0.6) is 0 Å². The van der Waals surface area contributed by atoms with Gasteiger partial charge in [-0.3, -0.25) is 9.59 Å². The van der Waals surface area contributed by atoms with Crippen LogP contribution in [-0.2, 0) is 14.1 Å². The Bertz CT molecular complexity index is 944. The number of nitrogens with one attached hydrogen (secondary N) is 1. The van der Waals surface area contributed by atoms with Crippen LogP contribution < -0.4 is 10.7 Å². The third-order valence-electron chi connectivity index (χ3n) is 5.13. The minimum Gasteiger partial charge on any atom is -0.464 e. The Morgan fingerprint density at radius 3 is 2.44 bits per heavy atom. The highest BCUT2D eigenvalue weighted by Crippen LogP contribution is 2.38. The van der Waals surface area contributed by atoms with E-state index in [4.69, 9.17) is 13.7 Å². The molecular formula is C20H24BNO5. The summed E-state index contributed by atoms with van der Waals surface area (Å²) in [4.78, 5) is 23.5. The first-order chi connectivity index (χ1) is 12.6. The van der Waals surface area contributed by atoms with Crippen molar-refractivity contribution in [3.63, 3.8) is 0 Å². The van der Waals surface area contributed by atoms with E-state index in [1.807, 2.05) is 39.8 Å². The lowest BCUT2D eigenvalue weighted by molar-refractivity contribution is -0.118. The first-order valence-corrected chi connectivity index (χ1v) is 8.91. The number of rotatable bonds is 4. The fourth-order valence-corrected chi connectivity index (χ4v) is 2.83. The first kappa shape index (κ1) is 19.4. The molecule has 0 saturated carbocycles. The van der Waals surface area contributed by atoms with Crippen molar-refractivity contribution in [2.75, 3.05) is 6.54 Å². The minimum absolute atomic E-state index is 0.106. The predicted octanol–water partition coefficient (Wildman–Crippen LogP) is 2.94. The summed E-state index contributed by atoms with van der Waals surface area (Å²) < 4.78 is 17.6. The molecule has 1 aliphatic heterocycles. The SMILES string of the molecule is CC(=O)NCC(=Cc1ccc2occc(=O)c2c1)B1OC(C)(C)C(C)(C)O1. The molecule has 1 saturated heterocycles. The van der Waals surface area contributed by atoms with Crippen LogP contribution in [-0.4, -0.2) is 30.8 Å². The van der Waals surface area contributed by atoms with Crippen LogP contribution >= 0.6 is 0 Å². The van der Waals surface area contributed by atoms with Gasteiger partial charge in [0.1, 0.15) is 5.58 Å². The molecule has 1 N–H and O–H groups in total. The van der Waals surface area contributed by atoms with Gasteiger partial charge in [0.25, 0.3) is 0 Å². The van der Waals surface area contributed by atoms with E-state index in [2.05, 4.69) is 5.32 Å². The fraction of sp³-hybridized carbons (Fsp3) is 0.400. The monoisotopic (exact) mass is 369 g/mol. The van der Waals surface area contributed by atoms with Gasteiger partial charge in [-0.2, -0.15) is 0 Å². The number of fused-ring (bicyclic) bond motifs is 1. The Hall–Kier alpha value is -2.38. The molecule has 7 heteroatoms. The molecule has 0 unspecified atom stereocenters. The molecule has 0 spiro atoms. The van der Waals surface area contributed by atoms with Crippen LogP contribution in [0.1, 0.15) is 40.2 Å². The molecule has 1 fully saturated rings. The Balaban J connectivity index is 1.99. The van der Waals surface area contributed by atoms with E-state index < -0.39 is 18.3 Å². The van der Waals surface area contributed by atoms with Crippen molar-refractivity contribution in [2.24, 2.45) is 0 Å². The van der Waals surface area contributed by atoms with Crippen molar-refractivity contribution in [3.05, 3.63) is 51.8 Å². The van der Waals surface area contributed by atoms with Crippen LogP contribution in [0.25, 0.3) is 17.0 Å². The predicted molar refractivity (Wildman–Crippen MR) is 105 cm³/mol. The summed E-state index contributed by atoms with van der Waals surface area (Å²) in [5.74, 6) is -0.142. The summed E-state index contributed by atoms with van der Waals surface area (Å²) in [7, 11) is -0.593. The van der Waals surface area contributed by atoms with Crippen molar-refractivity contribution >= 4 is 30.1 Å². The van der Waals surface area contributed by atoms with Gasteiger partial charge in [-0.15, -0.1) is 0 Å². The van der Waals surface area contributed by atoms with Crippen LogP contribution in [0.3, 0.4) is 0 Å². The summed E-state index contributed by atoms with van der Waals surface area (Å²) in [6.45, 7) is 9.65. The van der Waals surface area contributed by atoms with Gasteiger partial charge < -0.3 is 19.0 Å². The van der Waals surface area contributed by atoms with Crippen LogP contribution in [0.15, 0.2) is 45.2 Å². The zero-order valence-electron chi connectivity index (χ0n) is 16.3. The Morgan fingerprint density at radius 2 is 1.81 bits per heavy atom. The lowest BCUT2D eigenvalue weighted by Gasteiger charge is -2.32. The second-order valence-corrected chi connectivity index (χ2v) is 7.76. The molecule has 0 radical (unpaired) electrons. The summed E-state index contributed by atoms with van der Waals surface area (Å²) >= 11 is 0. The molecule has 6 nitrogen and oxygen atoms in total. The number of benzene rings is 1. The molecule has 1 aliphatic rings. The van der Waals surface area contributed by atoms with Crippen molar-refractivity contribution in [1.29, 1.82) is 0 Å². The highest BCUT2D eigenvalue weighted by molar-refractivity contribution is 6.56. The number of hydrogen-bond acceptors (Lipinski definition) is 5. The zero-order valence-corrected chi connectivity index (χ0v) is 16.3. The average Bonchev–Trinajstić information content (AvgIpc) is 2.79. The molecule has 142 valence electrons.